The van der Waals surface area contributed by atoms with Crippen LogP contribution in [0.5, 0.6) is 0 Å². The average molecular weight is 312 g/mol. The van der Waals surface area contributed by atoms with Gasteiger partial charge in [-0.2, -0.15) is 0 Å². The molecule has 20 heavy (non-hydrogen) atoms. The van der Waals surface area contributed by atoms with Crippen LogP contribution in [0.15, 0.2) is 48.5 Å². The molecule has 0 aliphatic heterocycles. The molecule has 4 heteroatoms. The highest BCUT2D eigenvalue weighted by molar-refractivity contribution is 6.30. The molecular weight excluding hydrogens is 296 g/mol. The summed E-state index contributed by atoms with van der Waals surface area (Å²) in [5.74, 6) is 0.275. The number of hydrogen-bond acceptors (Lipinski definition) is 1. The van der Waals surface area contributed by atoms with Gasteiger partial charge in [-0.1, -0.05) is 41.9 Å². The van der Waals surface area contributed by atoms with Gasteiger partial charge in [-0.15, -0.1) is 11.6 Å². The van der Waals surface area contributed by atoms with Gasteiger partial charge in [0, 0.05) is 36.1 Å². The number of nitrogens with zero attached hydrogens (tertiary/aromatic N) is 1. The molecule has 0 aliphatic carbocycles. The maximum atomic E-state index is 13.8. The molecule has 0 aliphatic rings. The van der Waals surface area contributed by atoms with Crippen molar-refractivity contribution in [2.75, 3.05) is 12.4 Å². The Balaban J connectivity index is 2.11. The number of alkyl halides is 1. The zero-order valence-electron chi connectivity index (χ0n) is 11.0. The lowest BCUT2D eigenvalue weighted by atomic mass is 10.1. The molecule has 0 N–H and O–H groups in total. The Morgan fingerprint density at radius 1 is 1.00 bits per heavy atom. The summed E-state index contributed by atoms with van der Waals surface area (Å²) in [7, 11) is 0. The molecule has 0 fully saturated rings. The van der Waals surface area contributed by atoms with E-state index in [2.05, 4.69) is 17.0 Å². The Labute approximate surface area is 128 Å². The van der Waals surface area contributed by atoms with Crippen molar-refractivity contribution in [2.45, 2.75) is 13.1 Å². The van der Waals surface area contributed by atoms with Gasteiger partial charge in [0.1, 0.15) is 5.82 Å². The summed E-state index contributed by atoms with van der Waals surface area (Å²) in [6, 6.07) is 14.7. The van der Waals surface area contributed by atoms with Gasteiger partial charge in [0.05, 0.1) is 0 Å². The highest BCUT2D eigenvalue weighted by Gasteiger charge is 2.10. The molecule has 0 atom stereocenters. The lowest BCUT2D eigenvalue weighted by Crippen LogP contribution is -2.25. The number of benzene rings is 2. The predicted octanol–water partition coefficient (Wildman–Crippen LogP) is 4.72. The second kappa shape index (κ2) is 7.63. The van der Waals surface area contributed by atoms with E-state index in [1.54, 1.807) is 12.1 Å². The monoisotopic (exact) mass is 311 g/mol. The van der Waals surface area contributed by atoms with E-state index in [0.717, 1.165) is 6.54 Å². The molecule has 2 rings (SSSR count). The molecule has 0 bridgehead atoms. The molecule has 0 unspecified atom stereocenters. The van der Waals surface area contributed by atoms with E-state index in [-0.39, 0.29) is 5.82 Å². The van der Waals surface area contributed by atoms with Crippen molar-refractivity contribution in [2.24, 2.45) is 0 Å². The van der Waals surface area contributed by atoms with Crippen molar-refractivity contribution in [3.63, 3.8) is 0 Å². The summed E-state index contributed by atoms with van der Waals surface area (Å²) in [5, 5.41) is 0.548. The predicted molar refractivity (Wildman–Crippen MR) is 82.7 cm³/mol. The van der Waals surface area contributed by atoms with Crippen molar-refractivity contribution in [3.8, 4) is 0 Å². The first-order valence-corrected chi connectivity index (χ1v) is 7.36. The van der Waals surface area contributed by atoms with Crippen LogP contribution in [0.3, 0.4) is 0 Å². The highest BCUT2D eigenvalue weighted by atomic mass is 35.5. The second-order valence-electron chi connectivity index (χ2n) is 4.62. The van der Waals surface area contributed by atoms with Gasteiger partial charge < -0.3 is 0 Å². The van der Waals surface area contributed by atoms with Crippen molar-refractivity contribution in [1.82, 2.24) is 4.90 Å². The maximum absolute atomic E-state index is 13.8. The Hall–Kier alpha value is -1.09. The Kier molecular flexibility index (Phi) is 5.84. The van der Waals surface area contributed by atoms with E-state index in [4.69, 9.17) is 23.2 Å². The first-order chi connectivity index (χ1) is 9.69. The molecule has 2 aromatic rings. The van der Waals surface area contributed by atoms with E-state index in [9.17, 15) is 4.39 Å². The lowest BCUT2D eigenvalue weighted by Gasteiger charge is -2.21. The standard InChI is InChI=1S/C16H16Cl2FN/c17-8-9-20(11-13-4-2-1-3-5-13)12-14-10-15(18)6-7-16(14)19/h1-7,10H,8-9,11-12H2. The van der Waals surface area contributed by atoms with Crippen LogP contribution in [-0.2, 0) is 13.1 Å². The molecule has 2 aromatic carbocycles. The topological polar surface area (TPSA) is 3.24 Å². The minimum absolute atomic E-state index is 0.234. The fourth-order valence-corrected chi connectivity index (χ4v) is 2.51. The van der Waals surface area contributed by atoms with Crippen molar-refractivity contribution < 1.29 is 4.39 Å². The van der Waals surface area contributed by atoms with Crippen LogP contribution in [0.2, 0.25) is 5.02 Å². The van der Waals surface area contributed by atoms with Crippen LogP contribution in [0.4, 0.5) is 4.39 Å². The first-order valence-electron chi connectivity index (χ1n) is 6.45. The fourth-order valence-electron chi connectivity index (χ4n) is 2.08. The quantitative estimate of drug-likeness (QED) is 0.698. The van der Waals surface area contributed by atoms with Gasteiger partial charge >= 0.3 is 0 Å². The largest absolute Gasteiger partial charge is 0.294 e. The third kappa shape index (κ3) is 4.48. The summed E-state index contributed by atoms with van der Waals surface area (Å²) in [5.41, 5.74) is 1.78. The molecular formula is C16H16Cl2FN. The molecule has 0 saturated carbocycles. The fraction of sp³-hybridized carbons (Fsp3) is 0.250. The molecule has 0 spiro atoms. The van der Waals surface area contributed by atoms with E-state index in [1.807, 2.05) is 18.2 Å². The number of halogens is 3. The summed E-state index contributed by atoms with van der Waals surface area (Å²) < 4.78 is 13.8. The molecule has 106 valence electrons. The third-order valence-corrected chi connectivity index (χ3v) is 3.46. The average Bonchev–Trinajstić information content (AvgIpc) is 2.44. The minimum atomic E-state index is -0.234. The van der Waals surface area contributed by atoms with Crippen LogP contribution < -0.4 is 0 Å². The van der Waals surface area contributed by atoms with Crippen molar-refractivity contribution >= 4 is 23.2 Å². The van der Waals surface area contributed by atoms with Gasteiger partial charge in [0.25, 0.3) is 0 Å². The van der Waals surface area contributed by atoms with E-state index < -0.39 is 0 Å². The molecule has 0 heterocycles. The van der Waals surface area contributed by atoms with Gasteiger partial charge in [0.2, 0.25) is 0 Å². The normalized spacial score (nSPS) is 11.0. The maximum Gasteiger partial charge on any atom is 0.127 e. The Bertz CT molecular complexity index is 545. The van der Waals surface area contributed by atoms with Crippen LogP contribution in [0.25, 0.3) is 0 Å². The summed E-state index contributed by atoms with van der Waals surface area (Å²) in [4.78, 5) is 2.11. The Morgan fingerprint density at radius 3 is 2.45 bits per heavy atom. The van der Waals surface area contributed by atoms with Crippen LogP contribution in [0, 0.1) is 5.82 Å². The first kappa shape index (κ1) is 15.3. The van der Waals surface area contributed by atoms with Gasteiger partial charge in [-0.3, -0.25) is 4.90 Å². The van der Waals surface area contributed by atoms with Crippen molar-refractivity contribution in [3.05, 3.63) is 70.5 Å². The van der Waals surface area contributed by atoms with Gasteiger partial charge in [-0.25, -0.2) is 4.39 Å². The zero-order valence-corrected chi connectivity index (χ0v) is 12.5. The smallest absolute Gasteiger partial charge is 0.127 e. The summed E-state index contributed by atoms with van der Waals surface area (Å²) in [6.45, 7) is 1.93. The van der Waals surface area contributed by atoms with Crippen LogP contribution in [0.1, 0.15) is 11.1 Å². The molecule has 0 amide bonds. The Morgan fingerprint density at radius 2 is 1.75 bits per heavy atom. The van der Waals surface area contributed by atoms with Crippen molar-refractivity contribution in [1.29, 1.82) is 0 Å². The van der Waals surface area contributed by atoms with E-state index in [1.165, 1.54) is 11.6 Å². The minimum Gasteiger partial charge on any atom is -0.294 e. The molecule has 0 radical (unpaired) electrons. The SMILES string of the molecule is Fc1ccc(Cl)cc1CN(CCCl)Cc1ccccc1. The molecule has 0 saturated heterocycles. The summed E-state index contributed by atoms with van der Waals surface area (Å²) in [6.07, 6.45) is 0. The van der Waals surface area contributed by atoms with E-state index >= 15 is 0 Å². The number of hydrogen-bond donors (Lipinski definition) is 0. The second-order valence-corrected chi connectivity index (χ2v) is 5.44. The molecule has 0 aromatic heterocycles. The zero-order chi connectivity index (χ0) is 14.4. The third-order valence-electron chi connectivity index (χ3n) is 3.05. The van der Waals surface area contributed by atoms with Gasteiger partial charge in [0.15, 0.2) is 0 Å². The lowest BCUT2D eigenvalue weighted by molar-refractivity contribution is 0.269. The summed E-state index contributed by atoms with van der Waals surface area (Å²) >= 11 is 11.8. The van der Waals surface area contributed by atoms with Crippen LogP contribution >= 0.6 is 23.2 Å². The van der Waals surface area contributed by atoms with E-state index in [0.29, 0.717) is 29.6 Å². The highest BCUT2D eigenvalue weighted by Crippen LogP contribution is 2.18. The molecule has 1 nitrogen and oxygen atoms in total. The van der Waals surface area contributed by atoms with Crippen LogP contribution in [-0.4, -0.2) is 17.3 Å². The number of rotatable bonds is 6. The van der Waals surface area contributed by atoms with Gasteiger partial charge in [-0.05, 0) is 23.8 Å².